The van der Waals surface area contributed by atoms with Crippen molar-refractivity contribution in [3.05, 3.63) is 0 Å². The molecule has 0 aromatic heterocycles. The molecule has 11 heavy (non-hydrogen) atoms. The monoisotopic (exact) mass is 157 g/mol. The van der Waals surface area contributed by atoms with Crippen LogP contribution in [0.1, 0.15) is 26.7 Å². The fraction of sp³-hybridized carbons (Fsp3) is 1.00. The highest BCUT2D eigenvalue weighted by molar-refractivity contribution is 4.73. The number of hydrogen-bond acceptors (Lipinski definition) is 2. The number of rotatable bonds is 6. The van der Waals surface area contributed by atoms with Crippen molar-refractivity contribution in [2.24, 2.45) is 0 Å². The standard InChI is InChI=1S/C9H19NO/c1-3-5-6-10(4-2)7-9-8-11-9/h9H,3-8H2,1-2H3/t9-/m1/s1. The molecule has 66 valence electrons. The second-order valence-corrected chi connectivity index (χ2v) is 3.20. The SMILES string of the molecule is CCCCN(CC)C[C@@H]1CO1. The molecule has 1 aliphatic heterocycles. The van der Waals surface area contributed by atoms with Crippen molar-refractivity contribution >= 4 is 0 Å². The van der Waals surface area contributed by atoms with Gasteiger partial charge in [-0.25, -0.2) is 0 Å². The van der Waals surface area contributed by atoms with Crippen molar-refractivity contribution < 1.29 is 4.74 Å². The first-order valence-electron chi connectivity index (χ1n) is 4.70. The van der Waals surface area contributed by atoms with Crippen LogP contribution in [0.4, 0.5) is 0 Å². The van der Waals surface area contributed by atoms with E-state index in [-0.39, 0.29) is 0 Å². The molecule has 1 rings (SSSR count). The highest BCUT2D eigenvalue weighted by Gasteiger charge is 2.24. The Hall–Kier alpha value is -0.0800. The quantitative estimate of drug-likeness (QED) is 0.543. The summed E-state index contributed by atoms with van der Waals surface area (Å²) in [4.78, 5) is 2.47. The molecular formula is C9H19NO. The molecule has 0 aromatic carbocycles. The zero-order valence-electron chi connectivity index (χ0n) is 7.68. The van der Waals surface area contributed by atoms with Gasteiger partial charge in [0, 0.05) is 6.54 Å². The summed E-state index contributed by atoms with van der Waals surface area (Å²) in [6.07, 6.45) is 3.18. The lowest BCUT2D eigenvalue weighted by atomic mass is 10.3. The first kappa shape index (κ1) is 9.01. The minimum atomic E-state index is 0.562. The summed E-state index contributed by atoms with van der Waals surface area (Å²) in [5.41, 5.74) is 0. The van der Waals surface area contributed by atoms with Crippen LogP contribution >= 0.6 is 0 Å². The molecule has 0 N–H and O–H groups in total. The van der Waals surface area contributed by atoms with Crippen molar-refractivity contribution in [2.45, 2.75) is 32.8 Å². The molecular weight excluding hydrogens is 138 g/mol. The van der Waals surface area contributed by atoms with Crippen molar-refractivity contribution in [3.63, 3.8) is 0 Å². The van der Waals surface area contributed by atoms with Gasteiger partial charge in [-0.2, -0.15) is 0 Å². The van der Waals surface area contributed by atoms with Gasteiger partial charge >= 0.3 is 0 Å². The summed E-state index contributed by atoms with van der Waals surface area (Å²) >= 11 is 0. The Morgan fingerprint density at radius 1 is 1.45 bits per heavy atom. The molecule has 1 aliphatic rings. The van der Waals surface area contributed by atoms with Gasteiger partial charge in [-0.3, -0.25) is 0 Å². The van der Waals surface area contributed by atoms with Crippen LogP contribution in [-0.2, 0) is 4.74 Å². The van der Waals surface area contributed by atoms with Crippen LogP contribution < -0.4 is 0 Å². The predicted octanol–water partition coefficient (Wildman–Crippen LogP) is 1.51. The zero-order chi connectivity index (χ0) is 8.10. The third kappa shape index (κ3) is 3.73. The molecule has 0 bridgehead atoms. The van der Waals surface area contributed by atoms with Gasteiger partial charge in [-0.1, -0.05) is 20.3 Å². The molecule has 0 saturated carbocycles. The van der Waals surface area contributed by atoms with Gasteiger partial charge in [0.15, 0.2) is 0 Å². The minimum absolute atomic E-state index is 0.562. The largest absolute Gasteiger partial charge is 0.372 e. The highest BCUT2D eigenvalue weighted by atomic mass is 16.6. The summed E-state index contributed by atoms with van der Waals surface area (Å²) in [6, 6.07) is 0. The van der Waals surface area contributed by atoms with Gasteiger partial charge in [-0.05, 0) is 19.5 Å². The van der Waals surface area contributed by atoms with Gasteiger partial charge in [0.1, 0.15) is 0 Å². The van der Waals surface area contributed by atoms with Crippen LogP contribution in [0, 0.1) is 0 Å². The Labute approximate surface area is 69.5 Å². The Bertz CT molecular complexity index is 102. The first-order chi connectivity index (χ1) is 5.36. The van der Waals surface area contributed by atoms with Crippen LogP contribution in [0.5, 0.6) is 0 Å². The molecule has 1 atom stereocenters. The van der Waals surface area contributed by atoms with E-state index >= 15 is 0 Å². The van der Waals surface area contributed by atoms with E-state index in [2.05, 4.69) is 18.7 Å². The number of nitrogens with zero attached hydrogens (tertiary/aromatic N) is 1. The number of unbranched alkanes of at least 4 members (excludes halogenated alkanes) is 1. The fourth-order valence-corrected chi connectivity index (χ4v) is 1.22. The normalized spacial score (nSPS) is 22.6. The molecule has 0 radical (unpaired) electrons. The van der Waals surface area contributed by atoms with Gasteiger partial charge in [0.25, 0.3) is 0 Å². The molecule has 0 unspecified atom stereocenters. The maximum absolute atomic E-state index is 5.18. The third-order valence-corrected chi connectivity index (χ3v) is 2.14. The summed E-state index contributed by atoms with van der Waals surface area (Å²) in [5, 5.41) is 0. The Kier molecular flexibility index (Phi) is 3.87. The van der Waals surface area contributed by atoms with E-state index in [1.807, 2.05) is 0 Å². The average molecular weight is 157 g/mol. The second-order valence-electron chi connectivity index (χ2n) is 3.20. The van der Waals surface area contributed by atoms with Crippen LogP contribution in [0.2, 0.25) is 0 Å². The topological polar surface area (TPSA) is 15.8 Å². The van der Waals surface area contributed by atoms with Crippen molar-refractivity contribution in [2.75, 3.05) is 26.2 Å². The molecule has 0 amide bonds. The third-order valence-electron chi connectivity index (χ3n) is 2.14. The van der Waals surface area contributed by atoms with E-state index < -0.39 is 0 Å². The lowest BCUT2D eigenvalue weighted by molar-refractivity contribution is 0.249. The zero-order valence-corrected chi connectivity index (χ0v) is 7.68. The average Bonchev–Trinajstić information content (AvgIpc) is 2.81. The summed E-state index contributed by atoms with van der Waals surface area (Å²) in [5.74, 6) is 0. The van der Waals surface area contributed by atoms with Crippen molar-refractivity contribution in [3.8, 4) is 0 Å². The summed E-state index contributed by atoms with van der Waals surface area (Å²) < 4.78 is 5.18. The Balaban J connectivity index is 2.02. The molecule has 2 heteroatoms. The van der Waals surface area contributed by atoms with Crippen LogP contribution in [0.25, 0.3) is 0 Å². The van der Waals surface area contributed by atoms with Crippen LogP contribution in [0.3, 0.4) is 0 Å². The van der Waals surface area contributed by atoms with Crippen molar-refractivity contribution in [1.82, 2.24) is 4.90 Å². The summed E-state index contributed by atoms with van der Waals surface area (Å²) in [7, 11) is 0. The van der Waals surface area contributed by atoms with Crippen LogP contribution in [0.15, 0.2) is 0 Å². The van der Waals surface area contributed by atoms with Gasteiger partial charge in [-0.15, -0.1) is 0 Å². The van der Waals surface area contributed by atoms with E-state index in [4.69, 9.17) is 4.74 Å². The molecule has 2 nitrogen and oxygen atoms in total. The van der Waals surface area contributed by atoms with Gasteiger partial charge in [0.05, 0.1) is 12.7 Å². The maximum Gasteiger partial charge on any atom is 0.0936 e. The number of hydrogen-bond donors (Lipinski definition) is 0. The van der Waals surface area contributed by atoms with E-state index in [1.165, 1.54) is 25.9 Å². The molecule has 0 aromatic rings. The smallest absolute Gasteiger partial charge is 0.0936 e. The van der Waals surface area contributed by atoms with Gasteiger partial charge in [0.2, 0.25) is 0 Å². The van der Waals surface area contributed by atoms with E-state index in [0.717, 1.165) is 13.2 Å². The Morgan fingerprint density at radius 2 is 2.18 bits per heavy atom. The molecule has 0 aliphatic carbocycles. The molecule has 1 heterocycles. The lowest BCUT2D eigenvalue weighted by Crippen LogP contribution is -2.28. The fourth-order valence-electron chi connectivity index (χ4n) is 1.22. The number of ether oxygens (including phenoxy) is 1. The van der Waals surface area contributed by atoms with Crippen molar-refractivity contribution in [1.29, 1.82) is 0 Å². The number of epoxide rings is 1. The second kappa shape index (κ2) is 4.73. The molecule has 1 saturated heterocycles. The first-order valence-corrected chi connectivity index (χ1v) is 4.70. The summed E-state index contributed by atoms with van der Waals surface area (Å²) in [6.45, 7) is 9.01. The maximum atomic E-state index is 5.18. The lowest BCUT2D eigenvalue weighted by Gasteiger charge is -2.18. The van der Waals surface area contributed by atoms with Crippen LogP contribution in [-0.4, -0.2) is 37.2 Å². The highest BCUT2D eigenvalue weighted by Crippen LogP contribution is 2.10. The number of likely N-dealkylation sites (N-methyl/N-ethyl adjacent to an activating group) is 1. The predicted molar refractivity (Wildman–Crippen MR) is 46.8 cm³/mol. The molecule has 1 fully saturated rings. The molecule has 0 spiro atoms. The van der Waals surface area contributed by atoms with E-state index in [1.54, 1.807) is 0 Å². The van der Waals surface area contributed by atoms with E-state index in [9.17, 15) is 0 Å². The van der Waals surface area contributed by atoms with E-state index in [0.29, 0.717) is 6.10 Å². The Morgan fingerprint density at radius 3 is 2.64 bits per heavy atom. The van der Waals surface area contributed by atoms with Gasteiger partial charge < -0.3 is 9.64 Å². The minimum Gasteiger partial charge on any atom is -0.372 e.